The van der Waals surface area contributed by atoms with E-state index in [4.69, 9.17) is 28.4 Å². The van der Waals surface area contributed by atoms with Crippen LogP contribution in [0.1, 0.15) is 53.0 Å². The minimum Gasteiger partial charge on any atom is -0.374 e. The van der Waals surface area contributed by atoms with Crippen molar-refractivity contribution in [3.8, 4) is 0 Å². The van der Waals surface area contributed by atoms with Gasteiger partial charge in [0.15, 0.2) is 12.6 Å². The summed E-state index contributed by atoms with van der Waals surface area (Å²) in [6.07, 6.45) is 0.802. The topological polar surface area (TPSA) is 55.4 Å². The minimum absolute atomic E-state index is 0.0835. The molecule has 4 atom stereocenters. The van der Waals surface area contributed by atoms with Crippen molar-refractivity contribution in [1.29, 1.82) is 0 Å². The summed E-state index contributed by atoms with van der Waals surface area (Å²) in [5, 5.41) is 0. The first-order valence-corrected chi connectivity index (χ1v) is 10.0. The summed E-state index contributed by atoms with van der Waals surface area (Å²) in [6.45, 7) is 11.1. The van der Waals surface area contributed by atoms with Gasteiger partial charge in [-0.2, -0.15) is 0 Å². The molecule has 1 saturated heterocycles. The van der Waals surface area contributed by atoms with Gasteiger partial charge in [-0.15, -0.1) is 0 Å². The third kappa shape index (κ3) is 6.79. The summed E-state index contributed by atoms with van der Waals surface area (Å²) in [5.41, 5.74) is 0.390. The zero-order valence-electron chi connectivity index (χ0n) is 18.1. The van der Waals surface area contributed by atoms with Crippen molar-refractivity contribution >= 4 is 0 Å². The molecule has 4 unspecified atom stereocenters. The van der Waals surface area contributed by atoms with Crippen LogP contribution in [0.3, 0.4) is 0 Å². The fraction of sp³-hybridized carbons (Fsp3) is 0.727. The van der Waals surface area contributed by atoms with Crippen LogP contribution in [0.2, 0.25) is 0 Å². The molecule has 2 rings (SSSR count). The van der Waals surface area contributed by atoms with E-state index in [-0.39, 0.29) is 24.8 Å². The number of ether oxygens (including phenoxy) is 6. The van der Waals surface area contributed by atoms with E-state index in [0.717, 1.165) is 18.4 Å². The second-order valence-electron chi connectivity index (χ2n) is 7.87. The lowest BCUT2D eigenvalue weighted by Gasteiger charge is -2.30. The van der Waals surface area contributed by atoms with E-state index >= 15 is 0 Å². The Hall–Kier alpha value is -1.02. The maximum absolute atomic E-state index is 6.42. The highest BCUT2D eigenvalue weighted by Crippen LogP contribution is 2.42. The summed E-state index contributed by atoms with van der Waals surface area (Å²) in [4.78, 5) is 0. The van der Waals surface area contributed by atoms with E-state index in [1.807, 2.05) is 32.0 Å². The predicted molar refractivity (Wildman–Crippen MR) is 107 cm³/mol. The Balaban J connectivity index is 1.82. The molecular formula is C22H36O6. The number of benzene rings is 1. The van der Waals surface area contributed by atoms with Gasteiger partial charge in [0.05, 0.1) is 30.5 Å². The van der Waals surface area contributed by atoms with Crippen LogP contribution in [0.25, 0.3) is 0 Å². The van der Waals surface area contributed by atoms with Gasteiger partial charge in [0.2, 0.25) is 0 Å². The number of methoxy groups -OCH3 is 1. The Bertz CT molecular complexity index is 563. The lowest BCUT2D eigenvalue weighted by atomic mass is 9.93. The molecule has 6 heteroatoms. The summed E-state index contributed by atoms with van der Waals surface area (Å²) in [5.74, 6) is 0. The molecule has 0 aliphatic carbocycles. The average molecular weight is 397 g/mol. The number of hydrogen-bond acceptors (Lipinski definition) is 6. The van der Waals surface area contributed by atoms with Crippen molar-refractivity contribution in [3.63, 3.8) is 0 Å². The molecule has 1 aromatic rings. The lowest BCUT2D eigenvalue weighted by molar-refractivity contribution is -0.258. The molecule has 1 heterocycles. The molecule has 0 aromatic heterocycles. The number of hydrogen-bond donors (Lipinski definition) is 0. The van der Waals surface area contributed by atoms with Crippen molar-refractivity contribution in [3.05, 3.63) is 35.9 Å². The smallest absolute Gasteiger partial charge is 0.160 e. The maximum atomic E-state index is 6.42. The molecule has 0 bridgehead atoms. The molecular weight excluding hydrogens is 360 g/mol. The van der Waals surface area contributed by atoms with E-state index in [2.05, 4.69) is 32.9 Å². The Labute approximate surface area is 169 Å². The first-order valence-electron chi connectivity index (χ1n) is 10.0. The molecule has 0 spiro atoms. The van der Waals surface area contributed by atoms with Crippen LogP contribution in [0.4, 0.5) is 0 Å². The van der Waals surface area contributed by atoms with Crippen LogP contribution in [-0.2, 0) is 35.0 Å². The molecule has 1 aliphatic rings. The quantitative estimate of drug-likeness (QED) is 0.492. The van der Waals surface area contributed by atoms with E-state index in [1.54, 1.807) is 7.11 Å². The van der Waals surface area contributed by atoms with Crippen LogP contribution in [-0.4, -0.2) is 50.4 Å². The van der Waals surface area contributed by atoms with Gasteiger partial charge in [-0.1, -0.05) is 37.3 Å². The minimum atomic E-state index is -0.417. The molecule has 6 nitrogen and oxygen atoms in total. The Morgan fingerprint density at radius 2 is 1.86 bits per heavy atom. The lowest BCUT2D eigenvalue weighted by Crippen LogP contribution is -2.37. The maximum Gasteiger partial charge on any atom is 0.160 e. The van der Waals surface area contributed by atoms with Crippen LogP contribution < -0.4 is 0 Å². The second-order valence-corrected chi connectivity index (χ2v) is 7.87. The second kappa shape index (κ2) is 10.7. The van der Waals surface area contributed by atoms with E-state index in [9.17, 15) is 0 Å². The molecule has 160 valence electrons. The van der Waals surface area contributed by atoms with Crippen LogP contribution in [0, 0.1) is 0 Å². The summed E-state index contributed by atoms with van der Waals surface area (Å²) in [6, 6.07) is 10.2. The van der Waals surface area contributed by atoms with E-state index in [0.29, 0.717) is 13.2 Å². The highest BCUT2D eigenvalue weighted by Gasteiger charge is 2.51. The molecule has 0 N–H and O–H groups in total. The van der Waals surface area contributed by atoms with Gasteiger partial charge < -0.3 is 28.4 Å². The molecule has 1 aliphatic heterocycles. The highest BCUT2D eigenvalue weighted by atomic mass is 16.8. The van der Waals surface area contributed by atoms with Crippen molar-refractivity contribution in [1.82, 2.24) is 0 Å². The first kappa shape index (κ1) is 23.3. The molecule has 1 aromatic carbocycles. The van der Waals surface area contributed by atoms with Gasteiger partial charge in [0.25, 0.3) is 0 Å². The van der Waals surface area contributed by atoms with Crippen molar-refractivity contribution in [2.24, 2.45) is 0 Å². The predicted octanol–water partition coefficient (Wildman–Crippen LogP) is 4.27. The monoisotopic (exact) mass is 396 g/mol. The molecule has 0 amide bonds. The van der Waals surface area contributed by atoms with Crippen molar-refractivity contribution in [2.75, 3.05) is 20.5 Å². The van der Waals surface area contributed by atoms with Gasteiger partial charge in [-0.25, -0.2) is 0 Å². The Morgan fingerprint density at radius 1 is 1.14 bits per heavy atom. The summed E-state index contributed by atoms with van der Waals surface area (Å²) < 4.78 is 34.6. The van der Waals surface area contributed by atoms with Gasteiger partial charge in [0.1, 0.15) is 6.79 Å². The molecule has 28 heavy (non-hydrogen) atoms. The average Bonchev–Trinajstić information content (AvgIpc) is 2.93. The van der Waals surface area contributed by atoms with Gasteiger partial charge in [-0.05, 0) is 39.7 Å². The first-order chi connectivity index (χ1) is 13.3. The number of rotatable bonds is 12. The van der Waals surface area contributed by atoms with Gasteiger partial charge >= 0.3 is 0 Å². The standard InChI is InChI=1S/C22H36O6/c1-7-22(15-24-14-19-11-9-8-10-12-19)13-20(21(4,5)28-22)26-16-25-18(3)27-17(2)23-6/h8-12,17-18,20H,7,13-16H2,1-6H3. The zero-order valence-corrected chi connectivity index (χ0v) is 18.1. The van der Waals surface area contributed by atoms with Crippen LogP contribution in [0.15, 0.2) is 30.3 Å². The Kier molecular flexibility index (Phi) is 8.86. The molecule has 0 saturated carbocycles. The van der Waals surface area contributed by atoms with Gasteiger partial charge in [-0.3, -0.25) is 0 Å². The third-order valence-electron chi connectivity index (χ3n) is 5.22. The van der Waals surface area contributed by atoms with Crippen LogP contribution >= 0.6 is 0 Å². The largest absolute Gasteiger partial charge is 0.374 e. The fourth-order valence-corrected chi connectivity index (χ4v) is 3.43. The van der Waals surface area contributed by atoms with Crippen molar-refractivity contribution < 1.29 is 28.4 Å². The fourth-order valence-electron chi connectivity index (χ4n) is 3.43. The summed E-state index contributed by atoms with van der Waals surface area (Å²) in [7, 11) is 1.59. The van der Waals surface area contributed by atoms with E-state index < -0.39 is 11.9 Å². The highest BCUT2D eigenvalue weighted by molar-refractivity contribution is 5.13. The van der Waals surface area contributed by atoms with Crippen LogP contribution in [0.5, 0.6) is 0 Å². The van der Waals surface area contributed by atoms with Gasteiger partial charge in [0, 0.05) is 13.5 Å². The normalized spacial score (nSPS) is 26.3. The third-order valence-corrected chi connectivity index (χ3v) is 5.22. The van der Waals surface area contributed by atoms with Crippen molar-refractivity contribution in [2.45, 2.75) is 84.0 Å². The zero-order chi connectivity index (χ0) is 20.6. The SMILES string of the molecule is CCC1(COCc2ccccc2)CC(OCOC(C)OC(C)OC)C(C)(C)O1. The Morgan fingerprint density at radius 3 is 2.50 bits per heavy atom. The van der Waals surface area contributed by atoms with E-state index in [1.165, 1.54) is 0 Å². The molecule has 1 fully saturated rings. The molecule has 0 radical (unpaired) electrons. The summed E-state index contributed by atoms with van der Waals surface area (Å²) >= 11 is 0.